The van der Waals surface area contributed by atoms with E-state index in [9.17, 15) is 9.18 Å². The van der Waals surface area contributed by atoms with Gasteiger partial charge in [0, 0.05) is 49.1 Å². The lowest BCUT2D eigenvalue weighted by molar-refractivity contribution is 0.313. The normalized spacial score (nSPS) is 14.2. The Labute approximate surface area is 226 Å². The van der Waals surface area contributed by atoms with Crippen molar-refractivity contribution in [1.29, 1.82) is 0 Å². The molecule has 0 spiro atoms. The number of rotatable bonds is 7. The molecule has 198 valence electrons. The molecule has 13 heteroatoms. The average Bonchev–Trinajstić information content (AvgIpc) is 3.53. The van der Waals surface area contributed by atoms with Crippen molar-refractivity contribution in [3.63, 3.8) is 0 Å². The largest absolute Gasteiger partial charge is 0.369 e. The molecule has 1 N–H and O–H groups in total. The van der Waals surface area contributed by atoms with Gasteiger partial charge in [0.25, 0.3) is 5.56 Å². The quantitative estimate of drug-likeness (QED) is 0.309. The Hall–Kier alpha value is -4.49. The van der Waals surface area contributed by atoms with Crippen LogP contribution in [0.2, 0.25) is 0 Å². The number of piperazine rings is 1. The van der Waals surface area contributed by atoms with Gasteiger partial charge in [0.05, 0.1) is 18.9 Å². The molecule has 11 nitrogen and oxygen atoms in total. The maximum Gasteiger partial charge on any atom is 0.278 e. The fourth-order valence-corrected chi connectivity index (χ4v) is 5.17. The summed E-state index contributed by atoms with van der Waals surface area (Å²) in [6, 6.07) is 8.15. The van der Waals surface area contributed by atoms with Gasteiger partial charge in [-0.1, -0.05) is 6.08 Å². The lowest BCUT2D eigenvalue weighted by Gasteiger charge is -2.34. The summed E-state index contributed by atoms with van der Waals surface area (Å²) in [7, 11) is 2.14. The number of thiazole rings is 1. The molecule has 6 rings (SSSR count). The van der Waals surface area contributed by atoms with Crippen LogP contribution in [0, 0.1) is 5.82 Å². The molecular formula is C26H25FN10OS. The number of allylic oxidation sites excluding steroid dienone is 1. The first-order valence-corrected chi connectivity index (χ1v) is 13.2. The number of nitrogens with one attached hydrogen (secondary N) is 1. The van der Waals surface area contributed by atoms with Crippen LogP contribution in [-0.2, 0) is 6.54 Å². The molecule has 0 amide bonds. The number of benzene rings is 1. The lowest BCUT2D eigenvalue weighted by Crippen LogP contribution is -2.44. The number of aromatic nitrogens is 7. The van der Waals surface area contributed by atoms with Crippen LogP contribution in [-0.4, -0.2) is 72.4 Å². The van der Waals surface area contributed by atoms with E-state index in [-0.39, 0.29) is 12.1 Å². The van der Waals surface area contributed by atoms with Crippen molar-refractivity contribution in [2.24, 2.45) is 0 Å². The van der Waals surface area contributed by atoms with Crippen LogP contribution >= 0.6 is 11.3 Å². The standard InChI is InChI=1S/C26H25FN10OS/c1-3-8-36-25(38)20-15-30-26(31-18-4-6-19(7-5-18)35-11-9-34(2)10-12-35)33-23(20)37(36)21-16-39-24(32-21)22-28-13-17(27)14-29-22/h3-7,13-16H,1,8-12H2,2H3,(H,30,31,33). The fourth-order valence-electron chi connectivity index (χ4n) is 4.45. The van der Waals surface area contributed by atoms with E-state index >= 15 is 0 Å². The number of hydrogen-bond acceptors (Lipinski definition) is 10. The van der Waals surface area contributed by atoms with Crippen molar-refractivity contribution in [3.05, 3.63) is 77.1 Å². The van der Waals surface area contributed by atoms with Crippen LogP contribution in [0.3, 0.4) is 0 Å². The average molecular weight is 545 g/mol. The predicted molar refractivity (Wildman–Crippen MR) is 149 cm³/mol. The molecule has 1 aromatic carbocycles. The number of likely N-dealkylation sites (N-methyl/N-ethyl adjacent to an activating group) is 1. The molecule has 39 heavy (non-hydrogen) atoms. The summed E-state index contributed by atoms with van der Waals surface area (Å²) in [5.74, 6) is 0.561. The molecular weight excluding hydrogens is 519 g/mol. The van der Waals surface area contributed by atoms with Crippen molar-refractivity contribution in [2.75, 3.05) is 43.4 Å². The van der Waals surface area contributed by atoms with Crippen LogP contribution in [0.5, 0.6) is 0 Å². The van der Waals surface area contributed by atoms with E-state index in [1.807, 2.05) is 12.1 Å². The topological polar surface area (TPSA) is 110 Å². The van der Waals surface area contributed by atoms with Crippen molar-refractivity contribution in [2.45, 2.75) is 6.54 Å². The van der Waals surface area contributed by atoms with Gasteiger partial charge in [-0.3, -0.25) is 4.79 Å². The third-order valence-electron chi connectivity index (χ3n) is 6.49. The minimum atomic E-state index is -0.530. The third-order valence-corrected chi connectivity index (χ3v) is 7.32. The van der Waals surface area contributed by atoms with E-state index < -0.39 is 5.82 Å². The zero-order valence-electron chi connectivity index (χ0n) is 21.2. The van der Waals surface area contributed by atoms with Gasteiger partial charge in [-0.2, -0.15) is 4.98 Å². The molecule has 0 bridgehead atoms. The van der Waals surface area contributed by atoms with Gasteiger partial charge in [0.2, 0.25) is 5.95 Å². The lowest BCUT2D eigenvalue weighted by atomic mass is 10.2. The minimum Gasteiger partial charge on any atom is -0.369 e. The Kier molecular flexibility index (Phi) is 6.59. The number of nitrogens with zero attached hydrogens (tertiary/aromatic N) is 9. The highest BCUT2D eigenvalue weighted by Crippen LogP contribution is 2.25. The number of anilines is 3. The van der Waals surface area contributed by atoms with E-state index in [1.54, 1.807) is 16.1 Å². The van der Waals surface area contributed by atoms with E-state index in [2.05, 4.69) is 65.8 Å². The first kappa shape index (κ1) is 24.8. The highest BCUT2D eigenvalue weighted by molar-refractivity contribution is 7.13. The SMILES string of the molecule is C=CCn1c(=O)c2cnc(Nc3ccc(N4CCN(C)CC4)cc3)nc2n1-c1csc(-c2ncc(F)cn2)n1. The summed E-state index contributed by atoms with van der Waals surface area (Å²) in [5, 5.41) is 5.84. The van der Waals surface area contributed by atoms with Gasteiger partial charge < -0.3 is 15.1 Å². The monoisotopic (exact) mass is 544 g/mol. The maximum absolute atomic E-state index is 13.3. The third kappa shape index (κ3) is 4.89. The molecule has 0 aliphatic carbocycles. The van der Waals surface area contributed by atoms with Crippen LogP contribution in [0.4, 0.5) is 21.7 Å². The summed E-state index contributed by atoms with van der Waals surface area (Å²) in [5.41, 5.74) is 2.13. The Balaban J connectivity index is 1.33. The smallest absolute Gasteiger partial charge is 0.278 e. The highest BCUT2D eigenvalue weighted by Gasteiger charge is 2.20. The van der Waals surface area contributed by atoms with E-state index in [1.165, 1.54) is 27.9 Å². The molecule has 5 heterocycles. The Morgan fingerprint density at radius 2 is 1.79 bits per heavy atom. The maximum atomic E-state index is 13.3. The number of fused-ring (bicyclic) bond motifs is 1. The van der Waals surface area contributed by atoms with Gasteiger partial charge in [0.15, 0.2) is 28.1 Å². The second-order valence-corrected chi connectivity index (χ2v) is 9.97. The van der Waals surface area contributed by atoms with E-state index in [0.29, 0.717) is 33.6 Å². The van der Waals surface area contributed by atoms with Crippen molar-refractivity contribution in [1.82, 2.24) is 39.2 Å². The molecule has 4 aromatic heterocycles. The molecule has 0 atom stereocenters. The fraction of sp³-hybridized carbons (Fsp3) is 0.231. The second-order valence-electron chi connectivity index (χ2n) is 9.12. The zero-order valence-corrected chi connectivity index (χ0v) is 22.0. The summed E-state index contributed by atoms with van der Waals surface area (Å²) in [4.78, 5) is 39.6. The van der Waals surface area contributed by atoms with Gasteiger partial charge in [-0.25, -0.2) is 33.7 Å². The van der Waals surface area contributed by atoms with Gasteiger partial charge in [0.1, 0.15) is 5.39 Å². The van der Waals surface area contributed by atoms with Crippen LogP contribution < -0.4 is 15.8 Å². The van der Waals surface area contributed by atoms with Gasteiger partial charge in [-0.15, -0.1) is 17.9 Å². The summed E-state index contributed by atoms with van der Waals surface area (Å²) < 4.78 is 16.4. The van der Waals surface area contributed by atoms with E-state index in [4.69, 9.17) is 0 Å². The van der Waals surface area contributed by atoms with Crippen LogP contribution in [0.15, 0.2) is 65.7 Å². The molecule has 1 fully saturated rings. The molecule has 1 saturated heterocycles. The molecule has 0 unspecified atom stereocenters. The highest BCUT2D eigenvalue weighted by atomic mass is 32.1. The molecule has 1 aliphatic heterocycles. The first-order valence-electron chi connectivity index (χ1n) is 12.3. The predicted octanol–water partition coefficient (Wildman–Crippen LogP) is 3.32. The Morgan fingerprint density at radius 1 is 1.05 bits per heavy atom. The summed E-state index contributed by atoms with van der Waals surface area (Å²) >= 11 is 1.28. The summed E-state index contributed by atoms with van der Waals surface area (Å²) in [6.07, 6.45) is 5.32. The molecule has 5 aromatic rings. The minimum absolute atomic E-state index is 0.242. The van der Waals surface area contributed by atoms with Crippen LogP contribution in [0.1, 0.15) is 0 Å². The Bertz CT molecular complexity index is 1690. The van der Waals surface area contributed by atoms with Crippen molar-refractivity contribution in [3.8, 4) is 16.6 Å². The van der Waals surface area contributed by atoms with Crippen molar-refractivity contribution < 1.29 is 4.39 Å². The van der Waals surface area contributed by atoms with Crippen molar-refractivity contribution >= 4 is 39.7 Å². The van der Waals surface area contributed by atoms with Gasteiger partial charge >= 0.3 is 0 Å². The number of halogens is 1. The van der Waals surface area contributed by atoms with E-state index in [0.717, 1.165) is 44.3 Å². The van der Waals surface area contributed by atoms with Gasteiger partial charge in [-0.05, 0) is 31.3 Å². The Morgan fingerprint density at radius 3 is 2.51 bits per heavy atom. The molecule has 1 aliphatic rings. The molecule has 0 radical (unpaired) electrons. The number of hydrogen-bond donors (Lipinski definition) is 1. The summed E-state index contributed by atoms with van der Waals surface area (Å²) in [6.45, 7) is 8.09. The van der Waals surface area contributed by atoms with Crippen LogP contribution in [0.25, 0.3) is 27.7 Å². The molecule has 0 saturated carbocycles. The zero-order chi connectivity index (χ0) is 26.9. The second kappa shape index (κ2) is 10.3. The first-order chi connectivity index (χ1) is 19.0.